The van der Waals surface area contributed by atoms with Gasteiger partial charge >= 0.3 is 0 Å². The predicted molar refractivity (Wildman–Crippen MR) is 114 cm³/mol. The Hall–Kier alpha value is -2.72. The Balaban J connectivity index is 1.45. The number of thiophene rings is 1. The molecule has 2 heterocycles. The van der Waals surface area contributed by atoms with Gasteiger partial charge in [-0.25, -0.2) is 0 Å². The van der Waals surface area contributed by atoms with Crippen molar-refractivity contribution < 1.29 is 14.3 Å². The predicted octanol–water partition coefficient (Wildman–Crippen LogP) is 4.49. The van der Waals surface area contributed by atoms with Crippen molar-refractivity contribution in [3.05, 3.63) is 34.2 Å². The summed E-state index contributed by atoms with van der Waals surface area (Å²) < 4.78 is 11.4. The molecule has 1 atom stereocenters. The molecular formula is C22H25N3O3S. The molecule has 2 aromatic rings. The Bertz CT molecular complexity index is 948. The number of carbonyl (C=O) groups excluding carboxylic acids is 1. The average Bonchev–Trinajstić information content (AvgIpc) is 2.91. The van der Waals surface area contributed by atoms with Crippen LogP contribution in [0.5, 0.6) is 11.5 Å². The molecular weight excluding hydrogens is 386 g/mol. The van der Waals surface area contributed by atoms with Crippen LogP contribution in [0.15, 0.2) is 18.2 Å². The van der Waals surface area contributed by atoms with Gasteiger partial charge in [0.25, 0.3) is 0 Å². The summed E-state index contributed by atoms with van der Waals surface area (Å²) in [5.41, 5.74) is 2.57. The molecule has 6 nitrogen and oxygen atoms in total. The lowest BCUT2D eigenvalue weighted by Gasteiger charge is -2.16. The molecule has 0 saturated carbocycles. The van der Waals surface area contributed by atoms with Crippen molar-refractivity contribution in [3.63, 3.8) is 0 Å². The van der Waals surface area contributed by atoms with Crippen LogP contribution < -0.4 is 20.1 Å². The molecule has 1 aliphatic heterocycles. The third-order valence-corrected chi connectivity index (χ3v) is 6.50. The first-order valence-corrected chi connectivity index (χ1v) is 11.0. The number of nitrogens with one attached hydrogen (secondary N) is 2. The fourth-order valence-corrected chi connectivity index (χ4v) is 4.98. The minimum absolute atomic E-state index is 0.162. The van der Waals surface area contributed by atoms with Crippen LogP contribution in [-0.2, 0) is 17.6 Å². The van der Waals surface area contributed by atoms with E-state index in [9.17, 15) is 10.1 Å². The smallest absolute Gasteiger partial charge is 0.247 e. The van der Waals surface area contributed by atoms with Gasteiger partial charge in [0.1, 0.15) is 17.1 Å². The van der Waals surface area contributed by atoms with E-state index in [-0.39, 0.29) is 5.91 Å². The van der Waals surface area contributed by atoms with Crippen molar-refractivity contribution in [2.24, 2.45) is 0 Å². The number of nitriles is 1. The first-order chi connectivity index (χ1) is 14.2. The zero-order valence-electron chi connectivity index (χ0n) is 16.5. The molecule has 0 radical (unpaired) electrons. The van der Waals surface area contributed by atoms with Crippen LogP contribution in [0.3, 0.4) is 0 Å². The summed E-state index contributed by atoms with van der Waals surface area (Å²) in [5.74, 6) is 1.25. The van der Waals surface area contributed by atoms with Crippen LogP contribution in [0.4, 0.5) is 10.7 Å². The second kappa shape index (κ2) is 8.75. The normalized spacial score (nSPS) is 16.6. The number of nitrogens with zero attached hydrogens (tertiary/aromatic N) is 1. The minimum atomic E-state index is -0.465. The molecule has 2 aliphatic rings. The van der Waals surface area contributed by atoms with Crippen LogP contribution in [0.2, 0.25) is 0 Å². The van der Waals surface area contributed by atoms with Gasteiger partial charge in [0, 0.05) is 23.1 Å². The molecule has 1 aliphatic carbocycles. The van der Waals surface area contributed by atoms with Crippen molar-refractivity contribution in [2.75, 3.05) is 23.8 Å². The van der Waals surface area contributed by atoms with Gasteiger partial charge in [-0.1, -0.05) is 6.42 Å². The quantitative estimate of drug-likeness (QED) is 0.725. The molecule has 4 rings (SSSR count). The summed E-state index contributed by atoms with van der Waals surface area (Å²) in [7, 11) is 0. The molecule has 7 heteroatoms. The van der Waals surface area contributed by atoms with Crippen molar-refractivity contribution >= 4 is 27.9 Å². The number of hydrogen-bond acceptors (Lipinski definition) is 6. The Labute approximate surface area is 174 Å². The van der Waals surface area contributed by atoms with Crippen molar-refractivity contribution in [3.8, 4) is 17.6 Å². The molecule has 0 unspecified atom stereocenters. The maximum atomic E-state index is 12.8. The monoisotopic (exact) mass is 411 g/mol. The number of fused-ring (bicyclic) bond motifs is 2. The van der Waals surface area contributed by atoms with E-state index >= 15 is 0 Å². The maximum Gasteiger partial charge on any atom is 0.247 e. The van der Waals surface area contributed by atoms with Crippen molar-refractivity contribution in [1.29, 1.82) is 5.26 Å². The Morgan fingerprint density at radius 3 is 2.76 bits per heavy atom. The van der Waals surface area contributed by atoms with Gasteiger partial charge in [-0.3, -0.25) is 4.79 Å². The number of aryl methyl sites for hydroxylation is 1. The summed E-state index contributed by atoms with van der Waals surface area (Å²) in [6.07, 6.45) is 6.22. The van der Waals surface area contributed by atoms with E-state index in [0.717, 1.165) is 49.1 Å². The van der Waals surface area contributed by atoms with E-state index in [2.05, 4.69) is 16.7 Å². The zero-order chi connectivity index (χ0) is 20.2. The highest BCUT2D eigenvalue weighted by Gasteiger charge is 2.23. The standard InChI is InChI=1S/C22H25N3O3S/c1-14(24-15-8-9-18-19(12-15)28-11-5-10-27-18)21(26)25-22-17(13-23)16-6-3-2-4-7-20(16)29-22/h8-9,12,14,24H,2-7,10-11H2,1H3,(H,25,26)/t14-/m1/s1. The highest BCUT2D eigenvalue weighted by atomic mass is 32.1. The van der Waals surface area contributed by atoms with Gasteiger partial charge in [0.05, 0.1) is 18.8 Å². The maximum absolute atomic E-state index is 12.8. The fourth-order valence-electron chi connectivity index (χ4n) is 3.74. The Morgan fingerprint density at radius 1 is 1.14 bits per heavy atom. The lowest BCUT2D eigenvalue weighted by Crippen LogP contribution is -2.31. The number of ether oxygens (including phenoxy) is 2. The van der Waals surface area contributed by atoms with Crippen molar-refractivity contribution in [1.82, 2.24) is 0 Å². The zero-order valence-corrected chi connectivity index (χ0v) is 17.4. The van der Waals surface area contributed by atoms with Crippen molar-refractivity contribution in [2.45, 2.75) is 51.5 Å². The second-order valence-corrected chi connectivity index (χ2v) is 8.55. The molecule has 1 amide bonds. The molecule has 0 bridgehead atoms. The van der Waals surface area contributed by atoms with E-state index in [4.69, 9.17) is 9.47 Å². The average molecular weight is 412 g/mol. The van der Waals surface area contributed by atoms with E-state index in [0.29, 0.717) is 29.5 Å². The molecule has 0 saturated heterocycles. The molecule has 0 spiro atoms. The van der Waals surface area contributed by atoms with Crippen LogP contribution in [-0.4, -0.2) is 25.2 Å². The van der Waals surface area contributed by atoms with Crippen LogP contribution >= 0.6 is 11.3 Å². The number of anilines is 2. The molecule has 2 N–H and O–H groups in total. The van der Waals surface area contributed by atoms with Gasteiger partial charge in [-0.2, -0.15) is 5.26 Å². The van der Waals surface area contributed by atoms with E-state index in [1.165, 1.54) is 11.3 Å². The molecule has 152 valence electrons. The van der Waals surface area contributed by atoms with Gasteiger partial charge in [0.2, 0.25) is 5.91 Å². The Morgan fingerprint density at radius 2 is 1.93 bits per heavy atom. The molecule has 1 aromatic carbocycles. The first kappa shape index (κ1) is 19.6. The third-order valence-electron chi connectivity index (χ3n) is 5.29. The summed E-state index contributed by atoms with van der Waals surface area (Å²) in [4.78, 5) is 14.0. The first-order valence-electron chi connectivity index (χ1n) is 10.2. The van der Waals surface area contributed by atoms with Crippen LogP contribution in [0, 0.1) is 11.3 Å². The molecule has 29 heavy (non-hydrogen) atoms. The summed E-state index contributed by atoms with van der Waals surface area (Å²) >= 11 is 1.55. The number of amides is 1. The SMILES string of the molecule is C[C@@H](Nc1ccc2c(c1)OCCCO2)C(=O)Nc1sc2c(c1C#N)CCCCC2. The van der Waals surface area contributed by atoms with Crippen LogP contribution in [0.1, 0.15) is 48.6 Å². The third kappa shape index (κ3) is 4.33. The largest absolute Gasteiger partial charge is 0.490 e. The van der Waals surface area contributed by atoms with E-state index in [1.807, 2.05) is 25.1 Å². The van der Waals surface area contributed by atoms with E-state index in [1.54, 1.807) is 11.3 Å². The van der Waals surface area contributed by atoms with Gasteiger partial charge in [0.15, 0.2) is 11.5 Å². The highest BCUT2D eigenvalue weighted by Crippen LogP contribution is 2.37. The number of hydrogen-bond donors (Lipinski definition) is 2. The summed E-state index contributed by atoms with van der Waals surface area (Å²) in [6.45, 7) is 3.07. The summed E-state index contributed by atoms with van der Waals surface area (Å²) in [5, 5.41) is 16.5. The topological polar surface area (TPSA) is 83.4 Å². The van der Waals surface area contributed by atoms with E-state index < -0.39 is 6.04 Å². The van der Waals surface area contributed by atoms with Crippen LogP contribution in [0.25, 0.3) is 0 Å². The fraction of sp³-hybridized carbons (Fsp3) is 0.455. The van der Waals surface area contributed by atoms with Gasteiger partial charge in [-0.05, 0) is 50.3 Å². The number of carbonyl (C=O) groups is 1. The van der Waals surface area contributed by atoms with Gasteiger partial charge in [-0.15, -0.1) is 11.3 Å². The Kier molecular flexibility index (Phi) is 5.91. The lowest BCUT2D eigenvalue weighted by atomic mass is 10.1. The lowest BCUT2D eigenvalue weighted by molar-refractivity contribution is -0.116. The number of rotatable bonds is 4. The summed E-state index contributed by atoms with van der Waals surface area (Å²) in [6, 6.07) is 7.44. The highest BCUT2D eigenvalue weighted by molar-refractivity contribution is 7.16. The minimum Gasteiger partial charge on any atom is -0.490 e. The number of benzene rings is 1. The molecule has 0 fully saturated rings. The second-order valence-electron chi connectivity index (χ2n) is 7.45. The molecule has 1 aromatic heterocycles. The van der Waals surface area contributed by atoms with Gasteiger partial charge < -0.3 is 20.1 Å².